The molecule has 0 saturated heterocycles. The lowest BCUT2D eigenvalue weighted by molar-refractivity contribution is -0.126. The molecule has 1 aliphatic heterocycles. The molecule has 3 fully saturated rings. The Balaban J connectivity index is 1.11. The Kier molecular flexibility index (Phi) is 5.55. The van der Waals surface area contributed by atoms with Crippen LogP contribution in [0.2, 0.25) is 5.02 Å². The van der Waals surface area contributed by atoms with Crippen LogP contribution in [0.3, 0.4) is 0 Å². The van der Waals surface area contributed by atoms with Gasteiger partial charge in [0.05, 0.1) is 11.1 Å². The van der Waals surface area contributed by atoms with Gasteiger partial charge in [0.25, 0.3) is 5.91 Å². The maximum Gasteiger partial charge on any atom is 0.258 e. The Morgan fingerprint density at radius 3 is 2.72 bits per heavy atom. The smallest absolute Gasteiger partial charge is 0.258 e. The predicted octanol–water partition coefficient (Wildman–Crippen LogP) is 2.73. The van der Waals surface area contributed by atoms with Crippen molar-refractivity contribution < 1.29 is 18.7 Å². The van der Waals surface area contributed by atoms with E-state index in [9.17, 15) is 14.0 Å². The number of ether oxygens (including phenoxy) is 1. The number of hydrogen-bond acceptors (Lipinski definition) is 4. The third-order valence-electron chi connectivity index (χ3n) is 6.88. The summed E-state index contributed by atoms with van der Waals surface area (Å²) in [5.41, 5.74) is 2.16. The predicted molar refractivity (Wildman–Crippen MR) is 118 cm³/mol. The van der Waals surface area contributed by atoms with E-state index in [-0.39, 0.29) is 46.8 Å². The number of carbonyl (C=O) groups excluding carboxylic acids is 2. The van der Waals surface area contributed by atoms with Crippen LogP contribution in [0.4, 0.5) is 4.39 Å². The van der Waals surface area contributed by atoms with E-state index in [1.165, 1.54) is 23.3 Å². The summed E-state index contributed by atoms with van der Waals surface area (Å²) in [6.45, 7) is 0.496. The highest BCUT2D eigenvalue weighted by atomic mass is 35.5. The molecule has 2 unspecified atom stereocenters. The van der Waals surface area contributed by atoms with Crippen LogP contribution in [-0.4, -0.2) is 36.0 Å². The van der Waals surface area contributed by atoms with E-state index < -0.39 is 5.82 Å². The topological polar surface area (TPSA) is 79.5 Å². The highest BCUT2D eigenvalue weighted by molar-refractivity contribution is 6.30. The fourth-order valence-electron chi connectivity index (χ4n) is 5.28. The molecular formula is C24H25ClFN3O3. The molecule has 2 amide bonds. The number of fused-ring (bicyclic) bond motifs is 2. The second kappa shape index (κ2) is 8.37. The summed E-state index contributed by atoms with van der Waals surface area (Å²) in [6, 6.07) is 12.1. The lowest BCUT2D eigenvalue weighted by Gasteiger charge is -2.39. The Hall–Kier alpha value is -2.64. The van der Waals surface area contributed by atoms with E-state index in [0.29, 0.717) is 25.3 Å². The average Bonchev–Trinajstić information content (AvgIpc) is 3.27. The van der Waals surface area contributed by atoms with Gasteiger partial charge in [0.2, 0.25) is 5.91 Å². The maximum absolute atomic E-state index is 13.5. The Bertz CT molecular complexity index is 1060. The van der Waals surface area contributed by atoms with Gasteiger partial charge in [0.1, 0.15) is 11.6 Å². The zero-order valence-corrected chi connectivity index (χ0v) is 18.3. The van der Waals surface area contributed by atoms with Gasteiger partial charge in [-0.3, -0.25) is 9.59 Å². The average molecular weight is 458 g/mol. The van der Waals surface area contributed by atoms with Gasteiger partial charge in [-0.25, -0.2) is 4.39 Å². The van der Waals surface area contributed by atoms with E-state index in [4.69, 9.17) is 16.3 Å². The van der Waals surface area contributed by atoms with Crippen molar-refractivity contribution in [2.45, 2.75) is 49.9 Å². The molecule has 168 valence electrons. The lowest BCUT2D eigenvalue weighted by atomic mass is 9.76. The number of amides is 2. The van der Waals surface area contributed by atoms with Crippen molar-refractivity contribution >= 4 is 23.4 Å². The lowest BCUT2D eigenvalue weighted by Crippen LogP contribution is -2.53. The summed E-state index contributed by atoms with van der Waals surface area (Å²) >= 11 is 5.66. The number of hydrogen-bond donors (Lipinski definition) is 3. The molecule has 32 heavy (non-hydrogen) atoms. The molecule has 0 aromatic heterocycles. The molecule has 1 heterocycles. The number of carbonyl (C=O) groups is 2. The first-order valence-corrected chi connectivity index (χ1v) is 11.3. The summed E-state index contributed by atoms with van der Waals surface area (Å²) in [4.78, 5) is 25.2. The molecule has 6 nitrogen and oxygen atoms in total. The first-order chi connectivity index (χ1) is 15.4. The van der Waals surface area contributed by atoms with E-state index in [1.54, 1.807) is 0 Å². The molecule has 3 saturated carbocycles. The van der Waals surface area contributed by atoms with Crippen molar-refractivity contribution in [1.82, 2.24) is 16.0 Å². The number of halogens is 2. The molecule has 2 aromatic carbocycles. The Morgan fingerprint density at radius 2 is 1.94 bits per heavy atom. The van der Waals surface area contributed by atoms with Crippen LogP contribution >= 0.6 is 11.6 Å². The fraction of sp³-hybridized carbons (Fsp3) is 0.417. The maximum atomic E-state index is 13.5. The fourth-order valence-corrected chi connectivity index (χ4v) is 5.39. The molecule has 2 aromatic rings. The molecule has 3 N–H and O–H groups in total. The van der Waals surface area contributed by atoms with Gasteiger partial charge in [-0.15, -0.1) is 0 Å². The SMILES string of the molecule is O=C(COc1ccc(Cl)c(F)c1)NC12CC(C1)C(NC(=O)C1Cc3ccccc3CN1)C2. The van der Waals surface area contributed by atoms with Crippen LogP contribution in [0.5, 0.6) is 5.75 Å². The minimum atomic E-state index is -0.588. The van der Waals surface area contributed by atoms with E-state index in [2.05, 4.69) is 28.1 Å². The number of nitrogens with one attached hydrogen (secondary N) is 3. The van der Waals surface area contributed by atoms with Crippen LogP contribution in [0.15, 0.2) is 42.5 Å². The minimum Gasteiger partial charge on any atom is -0.484 e. The van der Waals surface area contributed by atoms with E-state index in [1.807, 2.05) is 12.1 Å². The molecule has 2 bridgehead atoms. The summed E-state index contributed by atoms with van der Waals surface area (Å²) in [5.74, 6) is -0.191. The quantitative estimate of drug-likeness (QED) is 0.623. The molecule has 4 aliphatic rings. The normalized spacial score (nSPS) is 27.8. The van der Waals surface area contributed by atoms with Crippen LogP contribution < -0.4 is 20.7 Å². The second-order valence-electron chi connectivity index (χ2n) is 9.09. The highest BCUT2D eigenvalue weighted by Crippen LogP contribution is 2.52. The Labute approximate surface area is 190 Å². The molecule has 0 spiro atoms. The van der Waals surface area contributed by atoms with E-state index in [0.717, 1.165) is 18.9 Å². The molecule has 8 heteroatoms. The first-order valence-electron chi connectivity index (χ1n) is 10.9. The van der Waals surface area contributed by atoms with Crippen molar-refractivity contribution in [3.8, 4) is 5.75 Å². The van der Waals surface area contributed by atoms with Gasteiger partial charge in [-0.1, -0.05) is 35.9 Å². The Morgan fingerprint density at radius 1 is 1.16 bits per heavy atom. The van der Waals surface area contributed by atoms with Gasteiger partial charge in [-0.05, 0) is 54.9 Å². The van der Waals surface area contributed by atoms with Crippen molar-refractivity contribution in [1.29, 1.82) is 0 Å². The molecule has 3 aliphatic carbocycles. The molecule has 6 rings (SSSR count). The van der Waals surface area contributed by atoms with Gasteiger partial charge in [-0.2, -0.15) is 0 Å². The molecule has 2 atom stereocenters. The molecule has 0 radical (unpaired) electrons. The highest BCUT2D eigenvalue weighted by Gasteiger charge is 2.57. The van der Waals surface area contributed by atoms with Crippen molar-refractivity contribution in [3.63, 3.8) is 0 Å². The number of benzene rings is 2. The third-order valence-corrected chi connectivity index (χ3v) is 7.18. The van der Waals surface area contributed by atoms with Gasteiger partial charge < -0.3 is 20.7 Å². The van der Waals surface area contributed by atoms with Gasteiger partial charge >= 0.3 is 0 Å². The monoisotopic (exact) mass is 457 g/mol. The van der Waals surface area contributed by atoms with Gasteiger partial charge in [0, 0.05) is 24.2 Å². The second-order valence-corrected chi connectivity index (χ2v) is 9.49. The molecular weight excluding hydrogens is 433 g/mol. The summed E-state index contributed by atoms with van der Waals surface area (Å²) in [6.07, 6.45) is 3.10. The first kappa shape index (κ1) is 21.2. The zero-order valence-electron chi connectivity index (χ0n) is 17.5. The number of rotatable bonds is 6. The summed E-state index contributed by atoms with van der Waals surface area (Å²) < 4.78 is 18.9. The van der Waals surface area contributed by atoms with Gasteiger partial charge in [0.15, 0.2) is 6.61 Å². The van der Waals surface area contributed by atoms with Crippen molar-refractivity contribution in [2.24, 2.45) is 5.92 Å². The largest absolute Gasteiger partial charge is 0.484 e. The van der Waals surface area contributed by atoms with Crippen LogP contribution in [-0.2, 0) is 22.6 Å². The van der Waals surface area contributed by atoms with E-state index >= 15 is 0 Å². The van der Waals surface area contributed by atoms with Crippen LogP contribution in [0.1, 0.15) is 30.4 Å². The minimum absolute atomic E-state index is 0.00730. The van der Waals surface area contributed by atoms with Crippen molar-refractivity contribution in [3.05, 3.63) is 64.4 Å². The van der Waals surface area contributed by atoms with Crippen LogP contribution in [0, 0.1) is 11.7 Å². The third kappa shape index (κ3) is 4.19. The standard InChI is InChI=1S/C24H25ClFN3O3/c25-18-6-5-17(8-19(18)26)32-13-22(30)29-24-9-16(10-24)21(11-24)28-23(31)20-7-14-3-1-2-4-15(14)12-27-20/h1-6,8,16,20-21,27H,7,9-13H2,(H,28,31)(H,29,30). The zero-order chi connectivity index (χ0) is 22.3. The summed E-state index contributed by atoms with van der Waals surface area (Å²) in [7, 11) is 0. The summed E-state index contributed by atoms with van der Waals surface area (Å²) in [5, 5.41) is 9.60. The van der Waals surface area contributed by atoms with Crippen LogP contribution in [0.25, 0.3) is 0 Å². The van der Waals surface area contributed by atoms with Crippen molar-refractivity contribution in [2.75, 3.05) is 6.61 Å².